The fourth-order valence-corrected chi connectivity index (χ4v) is 2.60. The summed E-state index contributed by atoms with van der Waals surface area (Å²) in [5, 5.41) is 0. The van der Waals surface area contributed by atoms with Gasteiger partial charge in [0.25, 0.3) is 11.8 Å². The summed E-state index contributed by atoms with van der Waals surface area (Å²) in [7, 11) is 0. The number of carbonyl (C=O) groups excluding carboxylic acids is 2. The molecule has 1 aliphatic heterocycles. The molecule has 2 rings (SSSR count). The number of ether oxygens (including phenoxy) is 1. The molecule has 134 valence electrons. The molecule has 5 nitrogen and oxygen atoms in total. The van der Waals surface area contributed by atoms with Gasteiger partial charge in [-0.25, -0.2) is 0 Å². The Hall–Kier alpha value is -2.40. The van der Waals surface area contributed by atoms with E-state index in [0.29, 0.717) is 19.6 Å². The predicted octanol–water partition coefficient (Wildman–Crippen LogP) is 2.74. The summed E-state index contributed by atoms with van der Waals surface area (Å²) in [4.78, 5) is 27.4. The van der Waals surface area contributed by atoms with Crippen molar-refractivity contribution in [3.63, 3.8) is 0 Å². The molecule has 1 heterocycles. The van der Waals surface area contributed by atoms with Crippen molar-refractivity contribution in [3.05, 3.63) is 48.1 Å². The number of nitrogens with zero attached hydrogens (tertiary/aromatic N) is 2. The molecule has 0 N–H and O–H groups in total. The van der Waals surface area contributed by atoms with Crippen LogP contribution in [0.4, 0.5) is 0 Å². The van der Waals surface area contributed by atoms with Crippen LogP contribution in [0.3, 0.4) is 0 Å². The third-order valence-corrected chi connectivity index (χ3v) is 4.16. The van der Waals surface area contributed by atoms with Crippen molar-refractivity contribution in [3.8, 4) is 5.75 Å². The number of hydrogen-bond donors (Lipinski definition) is 0. The van der Waals surface area contributed by atoms with E-state index in [0.717, 1.165) is 30.9 Å². The number of carbonyl (C=O) groups is 2. The molecule has 0 saturated carbocycles. The third kappa shape index (κ3) is 5.87. The van der Waals surface area contributed by atoms with Gasteiger partial charge in [-0.15, -0.1) is 0 Å². The van der Waals surface area contributed by atoms with E-state index in [1.54, 1.807) is 12.2 Å². The van der Waals surface area contributed by atoms with E-state index in [9.17, 15) is 9.59 Å². The van der Waals surface area contributed by atoms with Crippen LogP contribution in [0.5, 0.6) is 5.75 Å². The lowest BCUT2D eigenvalue weighted by molar-refractivity contribution is -0.139. The quantitative estimate of drug-likeness (QED) is 0.682. The van der Waals surface area contributed by atoms with Crippen LogP contribution in [0.2, 0.25) is 0 Å². The van der Waals surface area contributed by atoms with Crippen LogP contribution in [-0.2, 0) is 9.59 Å². The summed E-state index contributed by atoms with van der Waals surface area (Å²) in [6.45, 7) is 8.24. The van der Waals surface area contributed by atoms with Crippen LogP contribution in [0.25, 0.3) is 6.08 Å². The maximum Gasteiger partial charge on any atom is 0.253 e. The lowest BCUT2D eigenvalue weighted by Crippen LogP contribution is -2.37. The van der Waals surface area contributed by atoms with E-state index in [2.05, 4.69) is 18.7 Å². The third-order valence-electron chi connectivity index (χ3n) is 4.16. The summed E-state index contributed by atoms with van der Waals surface area (Å²) in [5.41, 5.74) is 0.869. The SMILES string of the molecule is CCN(CC)CCOc1cccc(/C=C/C(=O)N2CCC=CC2=O)c1. The minimum absolute atomic E-state index is 0.255. The number of amides is 2. The molecular formula is C20H26N2O3. The fourth-order valence-electron chi connectivity index (χ4n) is 2.60. The van der Waals surface area contributed by atoms with Crippen molar-refractivity contribution in [2.45, 2.75) is 20.3 Å². The van der Waals surface area contributed by atoms with E-state index in [1.165, 1.54) is 17.1 Å². The largest absolute Gasteiger partial charge is 0.492 e. The summed E-state index contributed by atoms with van der Waals surface area (Å²) in [5.74, 6) is 0.232. The van der Waals surface area contributed by atoms with Gasteiger partial charge in [-0.1, -0.05) is 32.1 Å². The van der Waals surface area contributed by atoms with Gasteiger partial charge < -0.3 is 9.64 Å². The van der Waals surface area contributed by atoms with Crippen LogP contribution < -0.4 is 4.74 Å². The maximum atomic E-state index is 12.1. The van der Waals surface area contributed by atoms with Crippen molar-refractivity contribution in [2.75, 3.05) is 32.8 Å². The first-order valence-corrected chi connectivity index (χ1v) is 8.79. The van der Waals surface area contributed by atoms with Crippen LogP contribution >= 0.6 is 0 Å². The van der Waals surface area contributed by atoms with Crippen molar-refractivity contribution in [1.82, 2.24) is 9.80 Å². The molecule has 0 unspecified atom stereocenters. The molecule has 0 aliphatic carbocycles. The second-order valence-electron chi connectivity index (χ2n) is 5.80. The number of likely N-dealkylation sites (N-methyl/N-ethyl adjacent to an activating group) is 1. The van der Waals surface area contributed by atoms with Gasteiger partial charge in [-0.05, 0) is 49.4 Å². The molecular weight excluding hydrogens is 316 g/mol. The van der Waals surface area contributed by atoms with Gasteiger partial charge >= 0.3 is 0 Å². The van der Waals surface area contributed by atoms with Crippen LogP contribution in [0.1, 0.15) is 25.8 Å². The highest BCUT2D eigenvalue weighted by Gasteiger charge is 2.18. The Bertz CT molecular complexity index is 648. The summed E-state index contributed by atoms with van der Waals surface area (Å²) in [6, 6.07) is 7.59. The monoisotopic (exact) mass is 342 g/mol. The van der Waals surface area contributed by atoms with Crippen molar-refractivity contribution >= 4 is 17.9 Å². The molecule has 5 heteroatoms. The summed E-state index contributed by atoms with van der Waals surface area (Å²) < 4.78 is 5.79. The topological polar surface area (TPSA) is 49.9 Å². The standard InChI is InChI=1S/C20H26N2O3/c1-3-21(4-2)14-15-25-18-9-7-8-17(16-18)11-12-20(24)22-13-6-5-10-19(22)23/h5,7-12,16H,3-4,6,13-15H2,1-2H3/b12-11+. The van der Waals surface area contributed by atoms with Gasteiger partial charge in [0.2, 0.25) is 0 Å². The average molecular weight is 342 g/mol. The number of rotatable bonds is 8. The fraction of sp³-hybridized carbons (Fsp3) is 0.400. The van der Waals surface area contributed by atoms with Crippen molar-refractivity contribution in [2.24, 2.45) is 0 Å². The Morgan fingerprint density at radius 2 is 2.12 bits per heavy atom. The Morgan fingerprint density at radius 1 is 1.32 bits per heavy atom. The van der Waals surface area contributed by atoms with Crippen molar-refractivity contribution in [1.29, 1.82) is 0 Å². The second kappa shape index (κ2) is 9.79. The highest BCUT2D eigenvalue weighted by atomic mass is 16.5. The zero-order valence-electron chi connectivity index (χ0n) is 15.0. The van der Waals surface area contributed by atoms with Gasteiger partial charge in [0.1, 0.15) is 12.4 Å². The molecule has 0 radical (unpaired) electrons. The number of hydrogen-bond acceptors (Lipinski definition) is 4. The lowest BCUT2D eigenvalue weighted by atomic mass is 10.2. The minimum Gasteiger partial charge on any atom is -0.492 e. The molecule has 0 spiro atoms. The molecule has 1 aromatic carbocycles. The smallest absolute Gasteiger partial charge is 0.253 e. The Labute approximate surface area is 149 Å². The number of benzene rings is 1. The Balaban J connectivity index is 1.91. The maximum absolute atomic E-state index is 12.1. The molecule has 0 saturated heterocycles. The highest BCUT2D eigenvalue weighted by Crippen LogP contribution is 2.15. The molecule has 0 atom stereocenters. The van der Waals surface area contributed by atoms with Gasteiger partial charge in [0.05, 0.1) is 0 Å². The normalized spacial score (nSPS) is 14.5. The average Bonchev–Trinajstić information content (AvgIpc) is 2.64. The van der Waals surface area contributed by atoms with Crippen LogP contribution in [0, 0.1) is 0 Å². The van der Waals surface area contributed by atoms with Gasteiger partial charge in [-0.2, -0.15) is 0 Å². The number of imide groups is 1. The van der Waals surface area contributed by atoms with E-state index in [1.807, 2.05) is 24.3 Å². The Morgan fingerprint density at radius 3 is 2.84 bits per heavy atom. The van der Waals surface area contributed by atoms with Crippen molar-refractivity contribution < 1.29 is 14.3 Å². The zero-order valence-corrected chi connectivity index (χ0v) is 15.0. The van der Waals surface area contributed by atoms with Gasteiger partial charge in [0, 0.05) is 19.2 Å². The summed E-state index contributed by atoms with van der Waals surface area (Å²) >= 11 is 0. The van der Waals surface area contributed by atoms with E-state index in [-0.39, 0.29) is 11.8 Å². The van der Waals surface area contributed by atoms with Crippen LogP contribution in [0.15, 0.2) is 42.5 Å². The lowest BCUT2D eigenvalue weighted by Gasteiger charge is -2.19. The van der Waals surface area contributed by atoms with Gasteiger partial charge in [0.15, 0.2) is 0 Å². The first-order valence-electron chi connectivity index (χ1n) is 8.79. The predicted molar refractivity (Wildman–Crippen MR) is 99.2 cm³/mol. The van der Waals surface area contributed by atoms with E-state index in [4.69, 9.17) is 4.74 Å². The summed E-state index contributed by atoms with van der Waals surface area (Å²) in [6.07, 6.45) is 7.09. The minimum atomic E-state index is -0.290. The van der Waals surface area contributed by atoms with Gasteiger partial charge in [-0.3, -0.25) is 14.5 Å². The molecule has 1 aliphatic rings. The molecule has 0 aromatic heterocycles. The molecule has 1 aromatic rings. The van der Waals surface area contributed by atoms with E-state index < -0.39 is 0 Å². The zero-order chi connectivity index (χ0) is 18.1. The van der Waals surface area contributed by atoms with Crippen LogP contribution in [-0.4, -0.2) is 54.4 Å². The molecule has 0 fully saturated rings. The van der Waals surface area contributed by atoms with E-state index >= 15 is 0 Å². The molecule has 0 bridgehead atoms. The first kappa shape index (κ1) is 18.9. The second-order valence-corrected chi connectivity index (χ2v) is 5.80. The molecule has 25 heavy (non-hydrogen) atoms. The molecule has 2 amide bonds. The Kier molecular flexibility index (Phi) is 7.41. The highest BCUT2D eigenvalue weighted by molar-refractivity contribution is 6.06. The first-order chi connectivity index (χ1) is 12.1.